The fraction of sp³-hybridized carbons (Fsp3) is 0.250. The van der Waals surface area contributed by atoms with Gasteiger partial charge in [0.05, 0.1) is 28.1 Å². The summed E-state index contributed by atoms with van der Waals surface area (Å²) in [5, 5.41) is 21.1. The lowest BCUT2D eigenvalue weighted by atomic mass is 9.56. The summed E-state index contributed by atoms with van der Waals surface area (Å²) in [7, 11) is 0. The lowest BCUT2D eigenvalue weighted by Gasteiger charge is -2.50. The molecule has 0 radical (unpaired) electrons. The Morgan fingerprint density at radius 3 is 2.11 bits per heavy atom. The summed E-state index contributed by atoms with van der Waals surface area (Å²) < 4.78 is 28.6. The zero-order valence-corrected chi connectivity index (χ0v) is 24.9. The van der Waals surface area contributed by atoms with Gasteiger partial charge in [0.2, 0.25) is 11.8 Å². The number of amides is 4. The molecule has 4 aliphatic rings. The lowest BCUT2D eigenvalue weighted by Crippen LogP contribution is -2.60. The predicted molar refractivity (Wildman–Crippen MR) is 160 cm³/mol. The number of benzene rings is 3. The van der Waals surface area contributed by atoms with Crippen LogP contribution in [-0.4, -0.2) is 43.4 Å². The minimum Gasteiger partial charge on any atom is -0.505 e. The van der Waals surface area contributed by atoms with Crippen molar-refractivity contribution in [1.29, 1.82) is 0 Å². The number of alkyl halides is 2. The van der Waals surface area contributed by atoms with E-state index in [0.29, 0.717) is 5.57 Å². The third-order valence-corrected chi connectivity index (χ3v) is 10.9. The highest BCUT2D eigenvalue weighted by Crippen LogP contribution is 2.66. The van der Waals surface area contributed by atoms with Crippen LogP contribution in [0.15, 0.2) is 78.4 Å². The number of fused-ring (bicyclic) bond motifs is 4. The molecule has 3 aromatic carbocycles. The maximum Gasteiger partial charge on any atom is 0.269 e. The van der Waals surface area contributed by atoms with Gasteiger partial charge in [-0.2, -0.15) is 0 Å². The number of non-ortho nitro benzene ring substituents is 1. The van der Waals surface area contributed by atoms with Gasteiger partial charge in [-0.1, -0.05) is 17.7 Å². The molecular formula is C32H21Cl2F2N3O7. The normalized spacial score (nSPS) is 30.2. The number of nitrogens with zero attached hydrogens (tertiary/aromatic N) is 3. The van der Waals surface area contributed by atoms with E-state index in [-0.39, 0.29) is 35.5 Å². The number of rotatable bonds is 4. The summed E-state index contributed by atoms with van der Waals surface area (Å²) in [5.74, 6) is -9.56. The van der Waals surface area contributed by atoms with Crippen molar-refractivity contribution < 1.29 is 38.0 Å². The summed E-state index contributed by atoms with van der Waals surface area (Å²) >= 11 is 14.4. The number of aromatic hydroxyl groups is 1. The van der Waals surface area contributed by atoms with Crippen molar-refractivity contribution >= 4 is 63.9 Å². The minimum absolute atomic E-state index is 0.00668. The number of nitro groups is 1. The second kappa shape index (κ2) is 10.2. The second-order valence-corrected chi connectivity index (χ2v) is 13.0. The van der Waals surface area contributed by atoms with E-state index in [1.165, 1.54) is 42.5 Å². The van der Waals surface area contributed by atoms with Gasteiger partial charge in [-0.25, -0.2) is 13.7 Å². The zero-order valence-electron chi connectivity index (χ0n) is 23.4. The second-order valence-electron chi connectivity index (χ2n) is 11.7. The number of allylic oxidation sites excluding steroid dienone is 2. The molecule has 0 aromatic heterocycles. The summed E-state index contributed by atoms with van der Waals surface area (Å²) in [6, 6.07) is 12.8. The largest absolute Gasteiger partial charge is 0.505 e. The molecule has 2 aliphatic heterocycles. The number of hydrogen-bond donors (Lipinski definition) is 1. The monoisotopic (exact) mass is 667 g/mol. The highest BCUT2D eigenvalue weighted by atomic mass is 35.5. The van der Waals surface area contributed by atoms with Crippen LogP contribution in [0.5, 0.6) is 5.75 Å². The van der Waals surface area contributed by atoms with E-state index in [4.69, 9.17) is 23.2 Å². The van der Waals surface area contributed by atoms with Gasteiger partial charge in [0.1, 0.15) is 5.82 Å². The van der Waals surface area contributed by atoms with Crippen LogP contribution in [0.25, 0.3) is 0 Å². The summed E-state index contributed by atoms with van der Waals surface area (Å²) in [6.07, 6.45) is 1.34. The van der Waals surface area contributed by atoms with Crippen molar-refractivity contribution in [2.45, 2.75) is 28.5 Å². The van der Waals surface area contributed by atoms with Crippen LogP contribution in [0, 0.1) is 39.5 Å². The van der Waals surface area contributed by atoms with E-state index in [1.807, 2.05) is 0 Å². The number of carbonyl (C=O) groups excluding carboxylic acids is 4. The van der Waals surface area contributed by atoms with Crippen molar-refractivity contribution in [3.8, 4) is 5.75 Å². The van der Waals surface area contributed by atoms with Gasteiger partial charge in [-0.15, -0.1) is 23.2 Å². The molecule has 3 fully saturated rings. The first-order chi connectivity index (χ1) is 21.8. The molecule has 2 aliphatic carbocycles. The molecule has 7 rings (SSSR count). The Kier molecular flexibility index (Phi) is 6.63. The zero-order chi connectivity index (χ0) is 32.9. The van der Waals surface area contributed by atoms with Crippen LogP contribution in [-0.2, 0) is 19.2 Å². The quantitative estimate of drug-likeness (QED) is 0.130. The van der Waals surface area contributed by atoms with E-state index in [9.17, 15) is 43.2 Å². The molecular weight excluding hydrogens is 647 g/mol. The Morgan fingerprint density at radius 1 is 0.848 bits per heavy atom. The number of hydrogen-bond acceptors (Lipinski definition) is 7. The van der Waals surface area contributed by atoms with E-state index in [2.05, 4.69) is 0 Å². The fourth-order valence-electron chi connectivity index (χ4n) is 7.45. The third kappa shape index (κ3) is 3.92. The minimum atomic E-state index is -2.26. The lowest BCUT2D eigenvalue weighted by molar-refractivity contribution is -0.384. The molecule has 2 saturated heterocycles. The molecule has 1 N–H and O–H groups in total. The molecule has 4 amide bonds. The van der Waals surface area contributed by atoms with E-state index in [0.717, 1.165) is 34.1 Å². The first kappa shape index (κ1) is 30.0. The smallest absolute Gasteiger partial charge is 0.269 e. The molecule has 14 heteroatoms. The molecule has 3 aromatic rings. The number of imide groups is 2. The van der Waals surface area contributed by atoms with E-state index >= 15 is 0 Å². The summed E-state index contributed by atoms with van der Waals surface area (Å²) in [5.41, 5.74) is 0.361. The topological polar surface area (TPSA) is 138 Å². The standard InChI is InChI=1S/C32H21Cl2F2N3O7/c33-31-14-22-20(10-11-21-25(22)28(42)37(27(21)41)17-6-8-19(9-7-17)39(45)46)26(15-1-12-24(40)23(36)13-15)32(31,34)30(44)38(29(31)43)18-4-2-16(35)3-5-18/h1-10,12-13,21-22,25-26,40H,11,14H2/t21-,22+,25-,26-,31+,32-/m0/s1. The van der Waals surface area contributed by atoms with Gasteiger partial charge >= 0.3 is 0 Å². The summed E-state index contributed by atoms with van der Waals surface area (Å²) in [6.45, 7) is 0. The number of carbonyl (C=O) groups is 4. The van der Waals surface area contributed by atoms with E-state index in [1.54, 1.807) is 6.08 Å². The van der Waals surface area contributed by atoms with Crippen LogP contribution < -0.4 is 9.80 Å². The maximum atomic E-state index is 14.8. The molecule has 2 heterocycles. The van der Waals surface area contributed by atoms with Crippen molar-refractivity contribution in [3.63, 3.8) is 0 Å². The average Bonchev–Trinajstić information content (AvgIpc) is 3.37. The Bertz CT molecular complexity index is 1920. The molecule has 6 atom stereocenters. The van der Waals surface area contributed by atoms with Gasteiger partial charge in [0, 0.05) is 18.1 Å². The van der Waals surface area contributed by atoms with Crippen LogP contribution in [0.4, 0.5) is 25.8 Å². The van der Waals surface area contributed by atoms with E-state index < -0.39 is 79.4 Å². The van der Waals surface area contributed by atoms with Gasteiger partial charge in [0.15, 0.2) is 21.3 Å². The molecule has 0 spiro atoms. The molecule has 0 unspecified atom stereocenters. The van der Waals surface area contributed by atoms with Crippen LogP contribution in [0.1, 0.15) is 24.3 Å². The molecule has 10 nitrogen and oxygen atoms in total. The highest BCUT2D eigenvalue weighted by Gasteiger charge is 2.76. The molecule has 46 heavy (non-hydrogen) atoms. The Morgan fingerprint density at radius 2 is 1.48 bits per heavy atom. The number of phenolic OH excluding ortho intramolecular Hbond substituents is 1. The maximum absolute atomic E-state index is 14.8. The first-order valence-electron chi connectivity index (χ1n) is 14.1. The van der Waals surface area contributed by atoms with Crippen molar-refractivity contribution in [2.24, 2.45) is 17.8 Å². The first-order valence-corrected chi connectivity index (χ1v) is 14.9. The SMILES string of the molecule is O=C1[C@H]2[C@H](CC=C3[C@H]2C[C@@]2(Cl)C(=O)N(c4ccc(F)cc4)C(=O)[C@@]2(Cl)[C@H]3c2ccc(O)c(F)c2)C(=O)N1c1ccc([N+](=O)[O-])cc1. The van der Waals surface area contributed by atoms with Crippen molar-refractivity contribution in [1.82, 2.24) is 0 Å². The van der Waals surface area contributed by atoms with Gasteiger partial charge in [-0.05, 0) is 72.9 Å². The summed E-state index contributed by atoms with van der Waals surface area (Å²) in [4.78, 5) is 64.0. The van der Waals surface area contributed by atoms with Gasteiger partial charge in [-0.3, -0.25) is 34.2 Å². The van der Waals surface area contributed by atoms with Crippen molar-refractivity contribution in [3.05, 3.63) is 106 Å². The fourth-order valence-corrected chi connectivity index (χ4v) is 8.39. The van der Waals surface area contributed by atoms with Crippen LogP contribution in [0.3, 0.4) is 0 Å². The number of anilines is 2. The average molecular weight is 668 g/mol. The van der Waals surface area contributed by atoms with Crippen molar-refractivity contribution in [2.75, 3.05) is 9.80 Å². The number of halogens is 4. The molecule has 234 valence electrons. The third-order valence-electron chi connectivity index (χ3n) is 9.52. The Balaban J connectivity index is 1.37. The number of nitro benzene ring substituents is 1. The highest BCUT2D eigenvalue weighted by molar-refractivity contribution is 6.58. The van der Waals surface area contributed by atoms with Crippen LogP contribution in [0.2, 0.25) is 0 Å². The van der Waals surface area contributed by atoms with Crippen LogP contribution >= 0.6 is 23.2 Å². The van der Waals surface area contributed by atoms with Gasteiger partial charge < -0.3 is 5.11 Å². The number of phenols is 1. The Hall–Kier alpha value is -4.68. The van der Waals surface area contributed by atoms with Gasteiger partial charge in [0.25, 0.3) is 17.5 Å². The predicted octanol–water partition coefficient (Wildman–Crippen LogP) is 5.35. The molecule has 1 saturated carbocycles. The Labute approximate surface area is 268 Å². The molecule has 0 bridgehead atoms.